The summed E-state index contributed by atoms with van der Waals surface area (Å²) in [6.07, 6.45) is 0.812. The number of nitrogens with one attached hydrogen (secondary N) is 1. The van der Waals surface area contributed by atoms with Crippen molar-refractivity contribution in [3.8, 4) is 5.75 Å². The molecule has 1 N–H and O–H groups in total. The lowest BCUT2D eigenvalue weighted by molar-refractivity contribution is 0.0954. The zero-order chi connectivity index (χ0) is 16.1. The number of benzene rings is 3. The van der Waals surface area contributed by atoms with Gasteiger partial charge in [0.2, 0.25) is 0 Å². The summed E-state index contributed by atoms with van der Waals surface area (Å²) in [5.74, 6) is 0.686. The van der Waals surface area contributed by atoms with Crippen molar-refractivity contribution in [2.24, 2.45) is 0 Å². The Morgan fingerprint density at radius 2 is 1.70 bits per heavy atom. The van der Waals surface area contributed by atoms with Gasteiger partial charge in [0.15, 0.2) is 0 Å². The second-order valence-corrected chi connectivity index (χ2v) is 5.42. The van der Waals surface area contributed by atoms with Gasteiger partial charge in [0.25, 0.3) is 5.91 Å². The number of carbonyl (C=O) groups excluding carboxylic acids is 1. The molecule has 116 valence electrons. The van der Waals surface area contributed by atoms with Crippen LogP contribution in [0.2, 0.25) is 0 Å². The van der Waals surface area contributed by atoms with Crippen LogP contribution in [0.1, 0.15) is 15.9 Å². The number of rotatable bonds is 5. The predicted octanol–water partition coefficient (Wildman–Crippen LogP) is 3.82. The molecule has 3 aromatic carbocycles. The minimum absolute atomic E-state index is 0.0616. The maximum Gasteiger partial charge on any atom is 0.251 e. The van der Waals surface area contributed by atoms with Crippen molar-refractivity contribution in [1.29, 1.82) is 0 Å². The normalized spacial score (nSPS) is 10.5. The summed E-state index contributed by atoms with van der Waals surface area (Å²) in [5, 5.41) is 5.42. The van der Waals surface area contributed by atoms with Crippen LogP contribution in [0.25, 0.3) is 10.8 Å². The average molecular weight is 305 g/mol. The van der Waals surface area contributed by atoms with Crippen LogP contribution in [0.15, 0.2) is 66.7 Å². The van der Waals surface area contributed by atoms with Crippen LogP contribution in [0.4, 0.5) is 0 Å². The molecule has 23 heavy (non-hydrogen) atoms. The summed E-state index contributed by atoms with van der Waals surface area (Å²) in [4.78, 5) is 12.1. The van der Waals surface area contributed by atoms with Gasteiger partial charge in [-0.3, -0.25) is 4.79 Å². The molecule has 0 saturated carbocycles. The lowest BCUT2D eigenvalue weighted by Crippen LogP contribution is -2.25. The Labute approximate surface area is 135 Å². The molecule has 0 saturated heterocycles. The minimum atomic E-state index is -0.0616. The van der Waals surface area contributed by atoms with Crippen molar-refractivity contribution in [3.63, 3.8) is 0 Å². The van der Waals surface area contributed by atoms with E-state index in [1.54, 1.807) is 31.4 Å². The van der Waals surface area contributed by atoms with Gasteiger partial charge in [-0.15, -0.1) is 0 Å². The molecular formula is C20H19NO2. The molecule has 0 radical (unpaired) electrons. The summed E-state index contributed by atoms with van der Waals surface area (Å²) in [7, 11) is 1.61. The van der Waals surface area contributed by atoms with Crippen LogP contribution in [0, 0.1) is 0 Å². The third-order valence-corrected chi connectivity index (χ3v) is 3.87. The van der Waals surface area contributed by atoms with E-state index in [1.165, 1.54) is 16.3 Å². The molecule has 3 heteroatoms. The molecule has 0 unspecified atom stereocenters. The number of fused-ring (bicyclic) bond motifs is 1. The number of methoxy groups -OCH3 is 1. The third-order valence-electron chi connectivity index (χ3n) is 3.87. The lowest BCUT2D eigenvalue weighted by Gasteiger charge is -2.07. The Morgan fingerprint density at radius 1 is 0.957 bits per heavy atom. The van der Waals surface area contributed by atoms with Crippen molar-refractivity contribution in [3.05, 3.63) is 77.9 Å². The molecule has 0 spiro atoms. The number of hydrogen-bond donors (Lipinski definition) is 1. The average Bonchev–Trinajstić information content (AvgIpc) is 2.61. The first kappa shape index (κ1) is 15.1. The van der Waals surface area contributed by atoms with Gasteiger partial charge < -0.3 is 10.1 Å². The fraction of sp³-hybridized carbons (Fsp3) is 0.150. The molecule has 0 fully saturated rings. The van der Waals surface area contributed by atoms with Gasteiger partial charge in [0.05, 0.1) is 7.11 Å². The standard InChI is InChI=1S/C20H19NO2/c1-23-19-10-8-17(9-11-19)20(22)21-13-12-15-6-7-16-4-2-3-5-18(16)14-15/h2-11,14H,12-13H2,1H3,(H,21,22). The van der Waals surface area contributed by atoms with E-state index in [9.17, 15) is 4.79 Å². The summed E-state index contributed by atoms with van der Waals surface area (Å²) in [6, 6.07) is 21.8. The highest BCUT2D eigenvalue weighted by atomic mass is 16.5. The van der Waals surface area contributed by atoms with Crippen molar-refractivity contribution in [1.82, 2.24) is 5.32 Å². The molecule has 3 rings (SSSR count). The van der Waals surface area contributed by atoms with E-state index in [-0.39, 0.29) is 5.91 Å². The van der Waals surface area contributed by atoms with E-state index >= 15 is 0 Å². The van der Waals surface area contributed by atoms with Crippen molar-refractivity contribution in [2.75, 3.05) is 13.7 Å². The van der Waals surface area contributed by atoms with Crippen LogP contribution >= 0.6 is 0 Å². The van der Waals surface area contributed by atoms with Gasteiger partial charge in [-0.05, 0) is 47.0 Å². The zero-order valence-electron chi connectivity index (χ0n) is 13.1. The van der Waals surface area contributed by atoms with Gasteiger partial charge in [-0.2, -0.15) is 0 Å². The molecule has 0 aliphatic carbocycles. The molecule has 0 aromatic heterocycles. The zero-order valence-corrected chi connectivity index (χ0v) is 13.1. The number of carbonyl (C=O) groups is 1. The van der Waals surface area contributed by atoms with E-state index < -0.39 is 0 Å². The van der Waals surface area contributed by atoms with Gasteiger partial charge in [-0.25, -0.2) is 0 Å². The predicted molar refractivity (Wildman–Crippen MR) is 93.0 cm³/mol. The SMILES string of the molecule is COc1ccc(C(=O)NCCc2ccc3ccccc3c2)cc1. The first-order valence-corrected chi connectivity index (χ1v) is 7.66. The molecule has 0 aliphatic rings. The van der Waals surface area contributed by atoms with Gasteiger partial charge in [-0.1, -0.05) is 42.5 Å². The van der Waals surface area contributed by atoms with Crippen molar-refractivity contribution < 1.29 is 9.53 Å². The van der Waals surface area contributed by atoms with E-state index in [2.05, 4.69) is 35.6 Å². The molecule has 0 heterocycles. The van der Waals surface area contributed by atoms with E-state index in [0.717, 1.165) is 12.2 Å². The van der Waals surface area contributed by atoms with E-state index in [0.29, 0.717) is 12.1 Å². The molecule has 0 atom stereocenters. The number of hydrogen-bond acceptors (Lipinski definition) is 2. The third kappa shape index (κ3) is 3.69. The van der Waals surface area contributed by atoms with Crippen LogP contribution < -0.4 is 10.1 Å². The van der Waals surface area contributed by atoms with E-state index in [4.69, 9.17) is 4.74 Å². The van der Waals surface area contributed by atoms with Crippen molar-refractivity contribution in [2.45, 2.75) is 6.42 Å². The highest BCUT2D eigenvalue weighted by Gasteiger charge is 2.05. The van der Waals surface area contributed by atoms with Crippen LogP contribution in [-0.2, 0) is 6.42 Å². The summed E-state index contributed by atoms with van der Waals surface area (Å²) < 4.78 is 5.09. The Bertz CT molecular complexity index is 809. The molecule has 3 aromatic rings. The maximum atomic E-state index is 12.1. The first-order valence-electron chi connectivity index (χ1n) is 7.66. The monoisotopic (exact) mass is 305 g/mol. The number of ether oxygens (including phenoxy) is 1. The Balaban J connectivity index is 1.58. The molecule has 1 amide bonds. The summed E-state index contributed by atoms with van der Waals surface area (Å²) in [6.45, 7) is 0.614. The fourth-order valence-corrected chi connectivity index (χ4v) is 2.56. The highest BCUT2D eigenvalue weighted by molar-refractivity contribution is 5.94. The highest BCUT2D eigenvalue weighted by Crippen LogP contribution is 2.16. The quantitative estimate of drug-likeness (QED) is 0.778. The van der Waals surface area contributed by atoms with E-state index in [1.807, 2.05) is 12.1 Å². The minimum Gasteiger partial charge on any atom is -0.497 e. The lowest BCUT2D eigenvalue weighted by atomic mass is 10.1. The summed E-state index contributed by atoms with van der Waals surface area (Å²) >= 11 is 0. The molecule has 0 aliphatic heterocycles. The number of amides is 1. The molecule has 3 nitrogen and oxygen atoms in total. The fourth-order valence-electron chi connectivity index (χ4n) is 2.56. The Hall–Kier alpha value is -2.81. The van der Waals surface area contributed by atoms with Crippen molar-refractivity contribution >= 4 is 16.7 Å². The smallest absolute Gasteiger partial charge is 0.251 e. The van der Waals surface area contributed by atoms with Gasteiger partial charge in [0, 0.05) is 12.1 Å². The van der Waals surface area contributed by atoms with Gasteiger partial charge in [0.1, 0.15) is 5.75 Å². The van der Waals surface area contributed by atoms with Crippen LogP contribution in [0.3, 0.4) is 0 Å². The Morgan fingerprint density at radius 3 is 2.43 bits per heavy atom. The second kappa shape index (κ2) is 6.97. The second-order valence-electron chi connectivity index (χ2n) is 5.42. The maximum absolute atomic E-state index is 12.1. The molecular weight excluding hydrogens is 286 g/mol. The summed E-state index contributed by atoms with van der Waals surface area (Å²) in [5.41, 5.74) is 1.86. The Kier molecular flexibility index (Phi) is 4.57. The topological polar surface area (TPSA) is 38.3 Å². The molecule has 0 bridgehead atoms. The largest absolute Gasteiger partial charge is 0.497 e. The van der Waals surface area contributed by atoms with Crippen LogP contribution in [-0.4, -0.2) is 19.6 Å². The van der Waals surface area contributed by atoms with Crippen LogP contribution in [0.5, 0.6) is 5.75 Å². The van der Waals surface area contributed by atoms with Gasteiger partial charge >= 0.3 is 0 Å². The first-order chi connectivity index (χ1) is 11.3.